The lowest BCUT2D eigenvalue weighted by molar-refractivity contribution is 0.866. The van der Waals surface area contributed by atoms with Gasteiger partial charge in [-0.15, -0.1) is 0 Å². The minimum absolute atomic E-state index is 0.155. The minimum atomic E-state index is 0.155. The molecule has 0 radical (unpaired) electrons. The number of anilines is 1. The number of benzene rings is 1. The van der Waals surface area contributed by atoms with Crippen molar-refractivity contribution in [1.82, 2.24) is 9.97 Å². The molecule has 0 fully saturated rings. The van der Waals surface area contributed by atoms with Crippen LogP contribution in [0.2, 0.25) is 5.02 Å². The third-order valence-corrected chi connectivity index (χ3v) is 3.80. The van der Waals surface area contributed by atoms with E-state index < -0.39 is 0 Å². The summed E-state index contributed by atoms with van der Waals surface area (Å²) in [6.45, 7) is 4.06. The standard InChI is InChI=1S/C13H13BrClN3/c1-8-12(14)16-7-17-13(8)18-9(2)10-3-5-11(15)6-4-10/h3-7,9H,1-2H3,(H,16,17,18). The van der Waals surface area contributed by atoms with Crippen molar-refractivity contribution in [2.45, 2.75) is 19.9 Å². The average molecular weight is 327 g/mol. The molecule has 0 aliphatic carbocycles. The van der Waals surface area contributed by atoms with Gasteiger partial charge in [-0.05, 0) is 47.5 Å². The van der Waals surface area contributed by atoms with Crippen LogP contribution in [-0.2, 0) is 0 Å². The summed E-state index contributed by atoms with van der Waals surface area (Å²) >= 11 is 9.27. The Bertz CT molecular complexity index is 542. The molecule has 18 heavy (non-hydrogen) atoms. The number of aromatic nitrogens is 2. The summed E-state index contributed by atoms with van der Waals surface area (Å²) < 4.78 is 0.809. The van der Waals surface area contributed by atoms with Gasteiger partial charge in [0.1, 0.15) is 16.7 Å². The van der Waals surface area contributed by atoms with Crippen LogP contribution in [0.3, 0.4) is 0 Å². The Morgan fingerprint density at radius 3 is 2.56 bits per heavy atom. The number of nitrogens with one attached hydrogen (secondary N) is 1. The first-order valence-electron chi connectivity index (χ1n) is 5.57. The second kappa shape index (κ2) is 5.67. The van der Waals surface area contributed by atoms with E-state index in [0.717, 1.165) is 26.6 Å². The Kier molecular flexibility index (Phi) is 4.19. The zero-order valence-electron chi connectivity index (χ0n) is 10.1. The molecule has 1 heterocycles. The Morgan fingerprint density at radius 1 is 1.22 bits per heavy atom. The molecule has 0 saturated carbocycles. The van der Waals surface area contributed by atoms with Crippen LogP contribution < -0.4 is 5.32 Å². The fraction of sp³-hybridized carbons (Fsp3) is 0.231. The van der Waals surface area contributed by atoms with Gasteiger partial charge in [-0.3, -0.25) is 0 Å². The van der Waals surface area contributed by atoms with Crippen LogP contribution in [0.15, 0.2) is 35.2 Å². The fourth-order valence-electron chi connectivity index (χ4n) is 1.61. The first-order valence-corrected chi connectivity index (χ1v) is 6.74. The normalized spacial score (nSPS) is 12.2. The van der Waals surface area contributed by atoms with Gasteiger partial charge in [-0.2, -0.15) is 0 Å². The molecule has 0 aliphatic heterocycles. The van der Waals surface area contributed by atoms with E-state index in [1.807, 2.05) is 31.2 Å². The molecule has 2 aromatic rings. The van der Waals surface area contributed by atoms with Gasteiger partial charge >= 0.3 is 0 Å². The molecular formula is C13H13BrClN3. The maximum atomic E-state index is 5.88. The zero-order chi connectivity index (χ0) is 13.1. The SMILES string of the molecule is Cc1c(Br)ncnc1NC(C)c1ccc(Cl)cc1. The largest absolute Gasteiger partial charge is 0.363 e. The molecule has 0 amide bonds. The van der Waals surface area contributed by atoms with Crippen molar-refractivity contribution in [3.05, 3.63) is 51.3 Å². The van der Waals surface area contributed by atoms with E-state index in [1.165, 1.54) is 6.33 Å². The minimum Gasteiger partial charge on any atom is -0.363 e. The van der Waals surface area contributed by atoms with Gasteiger partial charge in [0.2, 0.25) is 0 Å². The van der Waals surface area contributed by atoms with E-state index in [4.69, 9.17) is 11.6 Å². The summed E-state index contributed by atoms with van der Waals surface area (Å²) in [7, 11) is 0. The summed E-state index contributed by atoms with van der Waals surface area (Å²) in [6, 6.07) is 7.94. The second-order valence-electron chi connectivity index (χ2n) is 4.06. The number of rotatable bonds is 3. The van der Waals surface area contributed by atoms with E-state index in [-0.39, 0.29) is 6.04 Å². The molecule has 3 nitrogen and oxygen atoms in total. The number of hydrogen-bond acceptors (Lipinski definition) is 3. The van der Waals surface area contributed by atoms with E-state index in [0.29, 0.717) is 0 Å². The molecular weight excluding hydrogens is 314 g/mol. The summed E-state index contributed by atoms with van der Waals surface area (Å²) in [5, 5.41) is 4.11. The number of halogens is 2. The third-order valence-electron chi connectivity index (χ3n) is 2.75. The van der Waals surface area contributed by atoms with Crippen LogP contribution in [0.1, 0.15) is 24.1 Å². The molecule has 1 atom stereocenters. The lowest BCUT2D eigenvalue weighted by Gasteiger charge is -2.16. The average Bonchev–Trinajstić information content (AvgIpc) is 2.36. The molecule has 0 bridgehead atoms. The fourth-order valence-corrected chi connectivity index (χ4v) is 2.02. The molecule has 1 N–H and O–H groups in total. The van der Waals surface area contributed by atoms with Gasteiger partial charge in [0.15, 0.2) is 0 Å². The Morgan fingerprint density at radius 2 is 1.89 bits per heavy atom. The predicted molar refractivity (Wildman–Crippen MR) is 78.0 cm³/mol. The van der Waals surface area contributed by atoms with E-state index in [2.05, 4.69) is 38.1 Å². The molecule has 0 spiro atoms. The molecule has 0 aliphatic rings. The van der Waals surface area contributed by atoms with Crippen LogP contribution in [0, 0.1) is 6.92 Å². The molecule has 0 saturated heterocycles. The highest BCUT2D eigenvalue weighted by Gasteiger charge is 2.09. The molecule has 1 aromatic carbocycles. The van der Waals surface area contributed by atoms with Crippen molar-refractivity contribution in [3.63, 3.8) is 0 Å². The van der Waals surface area contributed by atoms with Crippen molar-refractivity contribution >= 4 is 33.3 Å². The highest BCUT2D eigenvalue weighted by atomic mass is 79.9. The van der Waals surface area contributed by atoms with E-state index in [1.54, 1.807) is 0 Å². The van der Waals surface area contributed by atoms with Gasteiger partial charge in [0.25, 0.3) is 0 Å². The summed E-state index contributed by atoms with van der Waals surface area (Å²) in [5.74, 6) is 0.833. The Hall–Kier alpha value is -1.13. The van der Waals surface area contributed by atoms with Gasteiger partial charge in [0.05, 0.1) is 0 Å². The Balaban J connectivity index is 2.18. The van der Waals surface area contributed by atoms with Gasteiger partial charge in [-0.1, -0.05) is 23.7 Å². The number of nitrogens with zero attached hydrogens (tertiary/aromatic N) is 2. The summed E-state index contributed by atoms with van der Waals surface area (Å²) in [4.78, 5) is 8.32. The lowest BCUT2D eigenvalue weighted by atomic mass is 10.1. The zero-order valence-corrected chi connectivity index (χ0v) is 12.5. The first kappa shape index (κ1) is 13.3. The van der Waals surface area contributed by atoms with Crippen LogP contribution >= 0.6 is 27.5 Å². The Labute approximate surface area is 120 Å². The number of hydrogen-bond donors (Lipinski definition) is 1. The van der Waals surface area contributed by atoms with Gasteiger partial charge < -0.3 is 5.32 Å². The summed E-state index contributed by atoms with van der Waals surface area (Å²) in [5.41, 5.74) is 2.16. The second-order valence-corrected chi connectivity index (χ2v) is 5.24. The van der Waals surface area contributed by atoms with Gasteiger partial charge in [-0.25, -0.2) is 9.97 Å². The van der Waals surface area contributed by atoms with Crippen molar-refractivity contribution in [2.75, 3.05) is 5.32 Å². The van der Waals surface area contributed by atoms with Crippen molar-refractivity contribution in [2.24, 2.45) is 0 Å². The highest BCUT2D eigenvalue weighted by Crippen LogP contribution is 2.24. The first-order chi connectivity index (χ1) is 8.58. The predicted octanol–water partition coefficient (Wildman–Crippen LogP) is 4.37. The third kappa shape index (κ3) is 3.00. The van der Waals surface area contributed by atoms with E-state index in [9.17, 15) is 0 Å². The summed E-state index contributed by atoms with van der Waals surface area (Å²) in [6.07, 6.45) is 1.54. The van der Waals surface area contributed by atoms with Crippen molar-refractivity contribution in [3.8, 4) is 0 Å². The quantitative estimate of drug-likeness (QED) is 0.851. The monoisotopic (exact) mass is 325 g/mol. The topological polar surface area (TPSA) is 37.8 Å². The maximum absolute atomic E-state index is 5.88. The van der Waals surface area contributed by atoms with Crippen LogP contribution in [0.5, 0.6) is 0 Å². The van der Waals surface area contributed by atoms with Crippen LogP contribution in [0.4, 0.5) is 5.82 Å². The molecule has 1 unspecified atom stereocenters. The van der Waals surface area contributed by atoms with Crippen molar-refractivity contribution < 1.29 is 0 Å². The maximum Gasteiger partial charge on any atom is 0.133 e. The van der Waals surface area contributed by atoms with Crippen LogP contribution in [0.25, 0.3) is 0 Å². The molecule has 5 heteroatoms. The van der Waals surface area contributed by atoms with Crippen LogP contribution in [-0.4, -0.2) is 9.97 Å². The molecule has 2 rings (SSSR count). The molecule has 1 aromatic heterocycles. The van der Waals surface area contributed by atoms with Gasteiger partial charge in [0, 0.05) is 16.6 Å². The smallest absolute Gasteiger partial charge is 0.133 e. The van der Waals surface area contributed by atoms with E-state index >= 15 is 0 Å². The lowest BCUT2D eigenvalue weighted by Crippen LogP contribution is -2.09. The molecule has 94 valence electrons. The highest BCUT2D eigenvalue weighted by molar-refractivity contribution is 9.10. The van der Waals surface area contributed by atoms with Crippen molar-refractivity contribution in [1.29, 1.82) is 0 Å².